The molecule has 0 aromatic heterocycles. The molecule has 6 nitrogen and oxygen atoms in total. The summed E-state index contributed by atoms with van der Waals surface area (Å²) in [5, 5.41) is 10.6. The molecule has 1 aliphatic rings. The number of non-ortho nitro benzene ring substituents is 1. The maximum Gasteiger partial charge on any atom is 0.420 e. The number of hydrogen-bond acceptors (Lipinski definition) is 4. The number of nitro benzene ring substituents is 1. The van der Waals surface area contributed by atoms with Crippen molar-refractivity contribution in [2.24, 2.45) is 0 Å². The highest BCUT2D eigenvalue weighted by atomic mass is 19.4. The van der Waals surface area contributed by atoms with Crippen LogP contribution in [-0.4, -0.2) is 34.9 Å². The molecule has 0 bridgehead atoms. The molecule has 0 spiro atoms. The molecule has 1 saturated heterocycles. The van der Waals surface area contributed by atoms with E-state index in [0.29, 0.717) is 12.6 Å². The van der Waals surface area contributed by atoms with Crippen molar-refractivity contribution in [3.8, 4) is 5.75 Å². The van der Waals surface area contributed by atoms with E-state index in [4.69, 9.17) is 4.74 Å². The number of nitro groups is 1. The highest BCUT2D eigenvalue weighted by molar-refractivity contribution is 5.78. The van der Waals surface area contributed by atoms with Crippen molar-refractivity contribution < 1.29 is 27.6 Å². The van der Waals surface area contributed by atoms with Crippen LogP contribution in [0, 0.1) is 10.1 Å². The largest absolute Gasteiger partial charge is 0.483 e. The molecule has 132 valence electrons. The Bertz CT molecular complexity index is 634. The van der Waals surface area contributed by atoms with Crippen LogP contribution in [0.15, 0.2) is 18.2 Å². The number of amides is 1. The van der Waals surface area contributed by atoms with Gasteiger partial charge in [-0.2, -0.15) is 13.2 Å². The molecule has 1 aliphatic heterocycles. The molecule has 1 aromatic rings. The maximum absolute atomic E-state index is 13.0. The van der Waals surface area contributed by atoms with Gasteiger partial charge in [0.1, 0.15) is 11.3 Å². The first kappa shape index (κ1) is 18.0. The first-order valence-electron chi connectivity index (χ1n) is 7.48. The van der Waals surface area contributed by atoms with Crippen LogP contribution >= 0.6 is 0 Å². The first-order valence-corrected chi connectivity index (χ1v) is 7.48. The number of nitrogens with zero attached hydrogens (tertiary/aromatic N) is 2. The molecule has 9 heteroatoms. The van der Waals surface area contributed by atoms with E-state index >= 15 is 0 Å². The van der Waals surface area contributed by atoms with Gasteiger partial charge in [-0.3, -0.25) is 14.9 Å². The molecule has 1 heterocycles. The van der Waals surface area contributed by atoms with Gasteiger partial charge in [-0.1, -0.05) is 0 Å². The van der Waals surface area contributed by atoms with Crippen LogP contribution in [0.2, 0.25) is 0 Å². The zero-order chi connectivity index (χ0) is 17.9. The molecule has 0 N–H and O–H groups in total. The normalized spacial score (nSPS) is 18.3. The van der Waals surface area contributed by atoms with E-state index in [0.717, 1.165) is 31.4 Å². The summed E-state index contributed by atoms with van der Waals surface area (Å²) in [5.41, 5.74) is -1.96. The number of likely N-dealkylation sites (tertiary alicyclic amines) is 1. The van der Waals surface area contributed by atoms with Gasteiger partial charge >= 0.3 is 6.18 Å². The third-order valence-corrected chi connectivity index (χ3v) is 3.95. The van der Waals surface area contributed by atoms with Gasteiger partial charge in [0.15, 0.2) is 6.61 Å². The molecule has 0 aliphatic carbocycles. The van der Waals surface area contributed by atoms with Gasteiger partial charge in [0.05, 0.1) is 4.92 Å². The Kier molecular flexibility index (Phi) is 5.30. The smallest absolute Gasteiger partial charge is 0.420 e. The third kappa shape index (κ3) is 4.15. The van der Waals surface area contributed by atoms with Crippen molar-refractivity contribution in [1.29, 1.82) is 0 Å². The second kappa shape index (κ2) is 7.06. The molecule has 0 saturated carbocycles. The number of piperidine rings is 1. The minimum atomic E-state index is -4.82. The Morgan fingerprint density at radius 2 is 2.12 bits per heavy atom. The van der Waals surface area contributed by atoms with E-state index in [9.17, 15) is 28.1 Å². The summed E-state index contributed by atoms with van der Waals surface area (Å²) in [6.45, 7) is 1.89. The SMILES string of the molecule is CC1CCCCN1C(=O)COc1ccc([N+](=O)[O-])cc1C(F)(F)F. The standard InChI is InChI=1S/C15H17F3N2O4/c1-10-4-2-3-7-19(10)14(21)9-24-13-6-5-11(20(22)23)8-12(13)15(16,17)18/h5-6,8,10H,2-4,7,9H2,1H3. The Hall–Kier alpha value is -2.32. The summed E-state index contributed by atoms with van der Waals surface area (Å²) >= 11 is 0. The van der Waals surface area contributed by atoms with E-state index in [1.54, 1.807) is 4.90 Å². The minimum Gasteiger partial charge on any atom is -0.483 e. The van der Waals surface area contributed by atoms with Crippen molar-refractivity contribution in [3.05, 3.63) is 33.9 Å². The summed E-state index contributed by atoms with van der Waals surface area (Å²) in [5.74, 6) is -0.986. The van der Waals surface area contributed by atoms with Crippen molar-refractivity contribution in [2.75, 3.05) is 13.2 Å². The van der Waals surface area contributed by atoms with E-state index in [2.05, 4.69) is 0 Å². The van der Waals surface area contributed by atoms with Crippen molar-refractivity contribution in [2.45, 2.75) is 38.4 Å². The quantitative estimate of drug-likeness (QED) is 0.619. The van der Waals surface area contributed by atoms with Crippen molar-refractivity contribution in [1.82, 2.24) is 4.90 Å². The van der Waals surface area contributed by atoms with Gasteiger partial charge in [-0.25, -0.2) is 0 Å². The Labute approximate surface area is 136 Å². The number of carbonyl (C=O) groups excluding carboxylic acids is 1. The Balaban J connectivity index is 2.14. The summed E-state index contributed by atoms with van der Waals surface area (Å²) in [4.78, 5) is 23.4. The first-order chi connectivity index (χ1) is 11.2. The molecular weight excluding hydrogens is 329 g/mol. The summed E-state index contributed by atoms with van der Waals surface area (Å²) in [7, 11) is 0. The number of alkyl halides is 3. The van der Waals surface area contributed by atoms with Gasteiger partial charge in [-0.05, 0) is 32.3 Å². The number of ether oxygens (including phenoxy) is 1. The second-order valence-electron chi connectivity index (χ2n) is 5.66. The minimum absolute atomic E-state index is 0.0220. The van der Waals surface area contributed by atoms with Crippen LogP contribution < -0.4 is 4.74 Å². The number of carbonyl (C=O) groups is 1. The van der Waals surface area contributed by atoms with E-state index in [1.165, 1.54) is 0 Å². The average Bonchev–Trinajstić information content (AvgIpc) is 2.52. The van der Waals surface area contributed by atoms with Crippen molar-refractivity contribution in [3.63, 3.8) is 0 Å². The molecule has 2 rings (SSSR count). The zero-order valence-electron chi connectivity index (χ0n) is 13.0. The van der Waals surface area contributed by atoms with Crippen molar-refractivity contribution >= 4 is 11.6 Å². The molecule has 1 amide bonds. The molecule has 1 aromatic carbocycles. The highest BCUT2D eigenvalue weighted by Gasteiger charge is 2.36. The number of benzene rings is 1. The van der Waals surface area contributed by atoms with E-state index < -0.39 is 40.6 Å². The van der Waals surface area contributed by atoms with Crippen LogP contribution in [-0.2, 0) is 11.0 Å². The van der Waals surface area contributed by atoms with Crippen LogP contribution in [0.3, 0.4) is 0 Å². The van der Waals surface area contributed by atoms with Gasteiger partial charge in [0, 0.05) is 24.7 Å². The monoisotopic (exact) mass is 346 g/mol. The lowest BCUT2D eigenvalue weighted by Gasteiger charge is -2.33. The number of hydrogen-bond donors (Lipinski definition) is 0. The molecule has 1 fully saturated rings. The van der Waals surface area contributed by atoms with E-state index in [-0.39, 0.29) is 6.04 Å². The fourth-order valence-electron chi connectivity index (χ4n) is 2.67. The topological polar surface area (TPSA) is 72.7 Å². The lowest BCUT2D eigenvalue weighted by atomic mass is 10.0. The molecular formula is C15H17F3N2O4. The van der Waals surface area contributed by atoms with Gasteiger partial charge < -0.3 is 9.64 Å². The molecule has 0 radical (unpaired) electrons. The lowest BCUT2D eigenvalue weighted by molar-refractivity contribution is -0.385. The van der Waals surface area contributed by atoms with Crippen LogP contribution in [0.5, 0.6) is 5.75 Å². The predicted octanol–water partition coefficient (Wildman–Crippen LogP) is 3.39. The van der Waals surface area contributed by atoms with E-state index in [1.807, 2.05) is 6.92 Å². The van der Waals surface area contributed by atoms with Crippen LogP contribution in [0.25, 0.3) is 0 Å². The molecule has 1 atom stereocenters. The summed E-state index contributed by atoms with van der Waals surface area (Å²) in [6, 6.07) is 2.21. The second-order valence-corrected chi connectivity index (χ2v) is 5.66. The summed E-state index contributed by atoms with van der Waals surface area (Å²) < 4.78 is 44.1. The highest BCUT2D eigenvalue weighted by Crippen LogP contribution is 2.38. The fraction of sp³-hybridized carbons (Fsp3) is 0.533. The van der Waals surface area contributed by atoms with Crippen LogP contribution in [0.4, 0.5) is 18.9 Å². The lowest BCUT2D eigenvalue weighted by Crippen LogP contribution is -2.44. The Morgan fingerprint density at radius 1 is 1.42 bits per heavy atom. The predicted molar refractivity (Wildman–Crippen MR) is 78.6 cm³/mol. The van der Waals surface area contributed by atoms with Crippen LogP contribution in [0.1, 0.15) is 31.7 Å². The van der Waals surface area contributed by atoms with Gasteiger partial charge in [0.2, 0.25) is 0 Å². The maximum atomic E-state index is 13.0. The number of halogens is 3. The fourth-order valence-corrected chi connectivity index (χ4v) is 2.67. The summed E-state index contributed by atoms with van der Waals surface area (Å²) in [6.07, 6.45) is -2.12. The average molecular weight is 346 g/mol. The molecule has 1 unspecified atom stereocenters. The third-order valence-electron chi connectivity index (χ3n) is 3.95. The van der Waals surface area contributed by atoms with Gasteiger partial charge in [-0.15, -0.1) is 0 Å². The molecule has 24 heavy (non-hydrogen) atoms. The number of rotatable bonds is 4. The van der Waals surface area contributed by atoms with Gasteiger partial charge in [0.25, 0.3) is 11.6 Å². The Morgan fingerprint density at radius 3 is 2.71 bits per heavy atom. The zero-order valence-corrected chi connectivity index (χ0v) is 13.0.